The van der Waals surface area contributed by atoms with Gasteiger partial charge in [-0.1, -0.05) is 13.3 Å². The molecule has 0 fully saturated rings. The lowest BCUT2D eigenvalue weighted by Gasteiger charge is -2.09. The number of esters is 2. The Morgan fingerprint density at radius 3 is 2.00 bits per heavy atom. The zero-order valence-electron chi connectivity index (χ0n) is 10.4. The van der Waals surface area contributed by atoms with Gasteiger partial charge in [-0.25, -0.2) is 9.59 Å². The average molecular weight is 228 g/mol. The van der Waals surface area contributed by atoms with Gasteiger partial charge in [-0.15, -0.1) is 0 Å². The van der Waals surface area contributed by atoms with Gasteiger partial charge in [-0.2, -0.15) is 0 Å². The third-order valence-electron chi connectivity index (χ3n) is 1.72. The summed E-state index contributed by atoms with van der Waals surface area (Å²) in [6.45, 7) is 7.32. The highest BCUT2D eigenvalue weighted by atomic mass is 16.5. The molecule has 4 nitrogen and oxygen atoms in total. The smallest absolute Gasteiger partial charge is 0.331 e. The van der Waals surface area contributed by atoms with Crippen molar-refractivity contribution in [2.45, 2.75) is 52.7 Å². The van der Waals surface area contributed by atoms with Gasteiger partial charge in [0.2, 0.25) is 0 Å². The summed E-state index contributed by atoms with van der Waals surface area (Å²) in [6, 6.07) is 0. The largest absolute Gasteiger partial charge is 0.460 e. The number of hydrogen-bond acceptors (Lipinski definition) is 4. The van der Waals surface area contributed by atoms with Crippen LogP contribution in [0, 0.1) is 0 Å². The van der Waals surface area contributed by atoms with Crippen LogP contribution >= 0.6 is 0 Å². The zero-order chi connectivity index (χ0) is 12.6. The Kier molecular flexibility index (Phi) is 7.25. The molecular formula is C12H20O4. The molecule has 92 valence electrons. The molecule has 0 rings (SSSR count). The number of ether oxygens (including phenoxy) is 2. The zero-order valence-corrected chi connectivity index (χ0v) is 10.4. The van der Waals surface area contributed by atoms with Crippen LogP contribution in [0.2, 0.25) is 0 Å². The average Bonchev–Trinajstić information content (AvgIpc) is 2.14. The second-order valence-electron chi connectivity index (χ2n) is 3.86. The fourth-order valence-electron chi connectivity index (χ4n) is 1.11. The molecule has 0 saturated carbocycles. The van der Waals surface area contributed by atoms with Crippen LogP contribution in [-0.2, 0) is 19.1 Å². The van der Waals surface area contributed by atoms with Crippen LogP contribution in [0.25, 0.3) is 0 Å². The molecule has 1 atom stereocenters. The third-order valence-corrected chi connectivity index (χ3v) is 1.72. The molecule has 0 aliphatic carbocycles. The van der Waals surface area contributed by atoms with E-state index in [4.69, 9.17) is 9.47 Å². The molecule has 0 aromatic carbocycles. The van der Waals surface area contributed by atoms with Crippen molar-refractivity contribution in [2.75, 3.05) is 0 Å². The van der Waals surface area contributed by atoms with E-state index >= 15 is 0 Å². The van der Waals surface area contributed by atoms with Crippen LogP contribution in [0.3, 0.4) is 0 Å². The van der Waals surface area contributed by atoms with E-state index in [1.807, 2.05) is 13.8 Å². The molecule has 16 heavy (non-hydrogen) atoms. The first-order valence-electron chi connectivity index (χ1n) is 5.55. The Hall–Kier alpha value is -1.32. The minimum atomic E-state index is -0.532. The summed E-state index contributed by atoms with van der Waals surface area (Å²) in [5.41, 5.74) is 0. The van der Waals surface area contributed by atoms with Gasteiger partial charge in [-0.05, 0) is 27.2 Å². The number of carbonyl (C=O) groups excluding carboxylic acids is 2. The predicted molar refractivity (Wildman–Crippen MR) is 60.8 cm³/mol. The van der Waals surface area contributed by atoms with Crippen LogP contribution < -0.4 is 0 Å². The lowest BCUT2D eigenvalue weighted by molar-refractivity contribution is -0.144. The van der Waals surface area contributed by atoms with Gasteiger partial charge in [-0.3, -0.25) is 0 Å². The lowest BCUT2D eigenvalue weighted by Crippen LogP contribution is -2.13. The first-order chi connectivity index (χ1) is 7.45. The minimum absolute atomic E-state index is 0.122. The van der Waals surface area contributed by atoms with E-state index in [1.165, 1.54) is 0 Å². The molecule has 0 radical (unpaired) electrons. The first kappa shape index (κ1) is 14.7. The molecule has 0 aromatic heterocycles. The summed E-state index contributed by atoms with van der Waals surface area (Å²) in [7, 11) is 0. The molecule has 1 unspecified atom stereocenters. The van der Waals surface area contributed by atoms with Gasteiger partial charge in [0.15, 0.2) is 0 Å². The molecule has 0 aromatic rings. The van der Waals surface area contributed by atoms with Gasteiger partial charge in [0.05, 0.1) is 12.2 Å². The van der Waals surface area contributed by atoms with Gasteiger partial charge >= 0.3 is 11.9 Å². The van der Waals surface area contributed by atoms with E-state index in [0.29, 0.717) is 0 Å². The summed E-state index contributed by atoms with van der Waals surface area (Å²) < 4.78 is 9.83. The number of hydrogen-bond donors (Lipinski definition) is 0. The van der Waals surface area contributed by atoms with Crippen molar-refractivity contribution in [1.82, 2.24) is 0 Å². The Morgan fingerprint density at radius 2 is 1.56 bits per heavy atom. The highest BCUT2D eigenvalue weighted by molar-refractivity contribution is 5.91. The lowest BCUT2D eigenvalue weighted by atomic mass is 10.2. The first-order valence-corrected chi connectivity index (χ1v) is 5.55. The predicted octanol–water partition coefficient (Wildman–Crippen LogP) is 2.23. The van der Waals surface area contributed by atoms with Crippen molar-refractivity contribution >= 4 is 11.9 Å². The second kappa shape index (κ2) is 7.91. The van der Waals surface area contributed by atoms with Crippen LogP contribution in [0.4, 0.5) is 0 Å². The Morgan fingerprint density at radius 1 is 1.06 bits per heavy atom. The topological polar surface area (TPSA) is 52.6 Å². The van der Waals surface area contributed by atoms with Gasteiger partial charge in [0.25, 0.3) is 0 Å². The van der Waals surface area contributed by atoms with E-state index < -0.39 is 11.9 Å². The highest BCUT2D eigenvalue weighted by Crippen LogP contribution is 2.01. The van der Waals surface area contributed by atoms with Crippen LogP contribution in [-0.4, -0.2) is 24.1 Å². The van der Waals surface area contributed by atoms with E-state index in [9.17, 15) is 9.59 Å². The summed E-state index contributed by atoms with van der Waals surface area (Å²) in [4.78, 5) is 22.3. The summed E-state index contributed by atoms with van der Waals surface area (Å²) >= 11 is 0. The minimum Gasteiger partial charge on any atom is -0.460 e. The normalized spacial score (nSPS) is 12.8. The molecule has 0 saturated heterocycles. The Bertz CT molecular complexity index is 256. The number of carbonyl (C=O) groups is 2. The molecule has 4 heteroatoms. The summed E-state index contributed by atoms with van der Waals surface area (Å²) in [5, 5.41) is 0. The Balaban J connectivity index is 3.94. The highest BCUT2D eigenvalue weighted by Gasteiger charge is 2.06. The van der Waals surface area contributed by atoms with Crippen molar-refractivity contribution in [3.05, 3.63) is 12.2 Å². The van der Waals surface area contributed by atoms with Crippen LogP contribution in [0.5, 0.6) is 0 Å². The van der Waals surface area contributed by atoms with Crippen molar-refractivity contribution in [2.24, 2.45) is 0 Å². The van der Waals surface area contributed by atoms with Gasteiger partial charge in [0, 0.05) is 12.2 Å². The standard InChI is InChI=1S/C12H20O4/c1-5-6-10(4)16-12(14)8-7-11(13)15-9(2)3/h7-10H,5-6H2,1-4H3/b8-7+. The van der Waals surface area contributed by atoms with Crippen LogP contribution in [0.15, 0.2) is 12.2 Å². The molecule has 0 amide bonds. The maximum Gasteiger partial charge on any atom is 0.331 e. The number of rotatable bonds is 6. The van der Waals surface area contributed by atoms with Gasteiger partial charge < -0.3 is 9.47 Å². The summed E-state index contributed by atoms with van der Waals surface area (Å²) in [5.74, 6) is -1.04. The van der Waals surface area contributed by atoms with Crippen molar-refractivity contribution in [3.8, 4) is 0 Å². The van der Waals surface area contributed by atoms with Crippen molar-refractivity contribution in [1.29, 1.82) is 0 Å². The molecular weight excluding hydrogens is 208 g/mol. The fourth-order valence-corrected chi connectivity index (χ4v) is 1.11. The molecule has 0 aliphatic heterocycles. The quantitative estimate of drug-likeness (QED) is 0.516. The van der Waals surface area contributed by atoms with E-state index in [1.54, 1.807) is 13.8 Å². The van der Waals surface area contributed by atoms with E-state index in [-0.39, 0.29) is 12.2 Å². The maximum atomic E-state index is 11.2. The van der Waals surface area contributed by atoms with Crippen molar-refractivity contribution < 1.29 is 19.1 Å². The second-order valence-corrected chi connectivity index (χ2v) is 3.86. The van der Waals surface area contributed by atoms with E-state index in [0.717, 1.165) is 25.0 Å². The monoisotopic (exact) mass is 228 g/mol. The Labute approximate surface area is 96.6 Å². The summed E-state index contributed by atoms with van der Waals surface area (Å²) in [6.07, 6.45) is 3.64. The SMILES string of the molecule is CCCC(C)OC(=O)/C=C/C(=O)OC(C)C. The van der Waals surface area contributed by atoms with E-state index in [2.05, 4.69) is 0 Å². The fraction of sp³-hybridized carbons (Fsp3) is 0.667. The molecule has 0 heterocycles. The molecule has 0 aliphatic rings. The van der Waals surface area contributed by atoms with Crippen molar-refractivity contribution in [3.63, 3.8) is 0 Å². The molecule has 0 N–H and O–H groups in total. The molecule has 0 bridgehead atoms. The maximum absolute atomic E-state index is 11.2. The third kappa shape index (κ3) is 8.03. The van der Waals surface area contributed by atoms with Crippen LogP contribution in [0.1, 0.15) is 40.5 Å². The molecule has 0 spiro atoms. The van der Waals surface area contributed by atoms with Gasteiger partial charge in [0.1, 0.15) is 0 Å².